The van der Waals surface area contributed by atoms with Crippen molar-refractivity contribution in [1.29, 1.82) is 0 Å². The van der Waals surface area contributed by atoms with Crippen molar-refractivity contribution in [2.45, 2.75) is 32.6 Å². The summed E-state index contributed by atoms with van der Waals surface area (Å²) < 4.78 is 29.0. The lowest BCUT2D eigenvalue weighted by Crippen LogP contribution is -2.37. The van der Waals surface area contributed by atoms with E-state index in [1.165, 1.54) is 39.9 Å². The Bertz CT molecular complexity index is 1380. The standard InChI is InChI=1S/C25H28N4O3S3/c1-16(2)13-29(14-17(3)4)35(31,32)19-11-9-18(10-12-19)23(30)28-25-27-21(15-33-25)24-26-20-7-5-6-8-22(20)34-24/h5-12,15-17H,13-14H2,1-4H3,(H,27,28,30). The Labute approximate surface area is 213 Å². The second-order valence-corrected chi connectivity index (χ2v) is 12.9. The van der Waals surface area contributed by atoms with E-state index in [9.17, 15) is 13.2 Å². The van der Waals surface area contributed by atoms with Crippen molar-refractivity contribution in [2.24, 2.45) is 11.8 Å². The highest BCUT2D eigenvalue weighted by atomic mass is 32.2. The minimum Gasteiger partial charge on any atom is -0.298 e. The first kappa shape index (κ1) is 25.4. The van der Waals surface area contributed by atoms with Gasteiger partial charge in [0.1, 0.15) is 10.7 Å². The molecule has 10 heteroatoms. The van der Waals surface area contributed by atoms with Crippen molar-refractivity contribution in [3.63, 3.8) is 0 Å². The molecule has 2 aromatic heterocycles. The van der Waals surface area contributed by atoms with E-state index < -0.39 is 10.0 Å². The molecule has 0 bridgehead atoms. The molecule has 0 aliphatic carbocycles. The van der Waals surface area contributed by atoms with Crippen LogP contribution in [0.1, 0.15) is 38.1 Å². The van der Waals surface area contributed by atoms with Crippen LogP contribution in [0.4, 0.5) is 5.13 Å². The highest BCUT2D eigenvalue weighted by molar-refractivity contribution is 7.89. The molecule has 2 heterocycles. The molecule has 0 fully saturated rings. The summed E-state index contributed by atoms with van der Waals surface area (Å²) in [5.41, 5.74) is 1.99. The lowest BCUT2D eigenvalue weighted by Gasteiger charge is -2.25. The van der Waals surface area contributed by atoms with Gasteiger partial charge in [-0.2, -0.15) is 4.31 Å². The maximum Gasteiger partial charge on any atom is 0.257 e. The Balaban J connectivity index is 1.47. The zero-order chi connectivity index (χ0) is 25.2. The molecular weight excluding hydrogens is 501 g/mol. The third-order valence-electron chi connectivity index (χ3n) is 5.13. The molecule has 1 N–H and O–H groups in total. The SMILES string of the molecule is CC(C)CN(CC(C)C)S(=O)(=O)c1ccc(C(=O)Nc2nc(-c3nc4ccccc4s3)cs2)cc1. The number of fused-ring (bicyclic) bond motifs is 1. The number of nitrogens with zero attached hydrogens (tertiary/aromatic N) is 3. The Morgan fingerprint density at radius 2 is 1.63 bits per heavy atom. The minimum atomic E-state index is -3.65. The molecule has 0 aliphatic rings. The number of para-hydroxylation sites is 1. The molecule has 0 radical (unpaired) electrons. The van der Waals surface area contributed by atoms with Crippen LogP contribution < -0.4 is 5.32 Å². The number of benzene rings is 2. The van der Waals surface area contributed by atoms with Gasteiger partial charge in [-0.3, -0.25) is 10.1 Å². The largest absolute Gasteiger partial charge is 0.298 e. The predicted molar refractivity (Wildman–Crippen MR) is 144 cm³/mol. The molecular formula is C25H28N4O3S3. The first-order valence-electron chi connectivity index (χ1n) is 11.4. The van der Waals surface area contributed by atoms with Crippen LogP contribution in [-0.2, 0) is 10.0 Å². The molecule has 0 aliphatic heterocycles. The van der Waals surface area contributed by atoms with E-state index >= 15 is 0 Å². The fourth-order valence-electron chi connectivity index (χ4n) is 3.59. The molecule has 4 aromatic rings. The lowest BCUT2D eigenvalue weighted by atomic mass is 10.2. The third kappa shape index (κ3) is 5.95. The highest BCUT2D eigenvalue weighted by Crippen LogP contribution is 2.32. The van der Waals surface area contributed by atoms with Gasteiger partial charge in [0.25, 0.3) is 5.91 Å². The number of anilines is 1. The average molecular weight is 529 g/mol. The molecule has 0 unspecified atom stereocenters. The number of hydrogen-bond acceptors (Lipinski definition) is 7. The monoisotopic (exact) mass is 528 g/mol. The number of hydrogen-bond donors (Lipinski definition) is 1. The summed E-state index contributed by atoms with van der Waals surface area (Å²) in [5, 5.41) is 5.92. The Kier molecular flexibility index (Phi) is 7.65. The van der Waals surface area contributed by atoms with Crippen LogP contribution in [-0.4, -0.2) is 41.7 Å². The smallest absolute Gasteiger partial charge is 0.257 e. The van der Waals surface area contributed by atoms with Gasteiger partial charge in [0, 0.05) is 24.0 Å². The predicted octanol–water partition coefficient (Wildman–Crippen LogP) is 5.97. The van der Waals surface area contributed by atoms with Gasteiger partial charge in [-0.25, -0.2) is 18.4 Å². The van der Waals surface area contributed by atoms with Crippen molar-refractivity contribution in [3.8, 4) is 10.7 Å². The maximum atomic E-state index is 13.2. The van der Waals surface area contributed by atoms with Gasteiger partial charge >= 0.3 is 0 Å². The van der Waals surface area contributed by atoms with Crippen molar-refractivity contribution < 1.29 is 13.2 Å². The fraction of sp³-hybridized carbons (Fsp3) is 0.320. The maximum absolute atomic E-state index is 13.2. The molecule has 0 saturated heterocycles. The molecule has 2 aromatic carbocycles. The Morgan fingerprint density at radius 3 is 2.26 bits per heavy atom. The van der Waals surface area contributed by atoms with Crippen molar-refractivity contribution in [2.75, 3.05) is 18.4 Å². The van der Waals surface area contributed by atoms with E-state index in [0.29, 0.717) is 29.5 Å². The van der Waals surface area contributed by atoms with Gasteiger partial charge in [-0.05, 0) is 48.2 Å². The summed E-state index contributed by atoms with van der Waals surface area (Å²) >= 11 is 2.87. The molecule has 0 atom stereocenters. The summed E-state index contributed by atoms with van der Waals surface area (Å²) in [5.74, 6) is 0.0689. The van der Waals surface area contributed by atoms with E-state index in [1.807, 2.05) is 57.3 Å². The van der Waals surface area contributed by atoms with Crippen molar-refractivity contribution in [1.82, 2.24) is 14.3 Å². The van der Waals surface area contributed by atoms with Crippen LogP contribution in [0.25, 0.3) is 20.9 Å². The molecule has 4 rings (SSSR count). The normalized spacial score (nSPS) is 12.2. The van der Waals surface area contributed by atoms with Gasteiger partial charge in [-0.15, -0.1) is 22.7 Å². The summed E-state index contributed by atoms with van der Waals surface area (Å²) in [6.07, 6.45) is 0. The number of thiazole rings is 2. The van der Waals surface area contributed by atoms with E-state index in [-0.39, 0.29) is 22.6 Å². The van der Waals surface area contributed by atoms with Crippen LogP contribution in [0.5, 0.6) is 0 Å². The van der Waals surface area contributed by atoms with Gasteiger partial charge in [-0.1, -0.05) is 39.8 Å². The lowest BCUT2D eigenvalue weighted by molar-refractivity contribution is 0.102. The molecule has 35 heavy (non-hydrogen) atoms. The van der Waals surface area contributed by atoms with E-state index in [2.05, 4.69) is 15.3 Å². The van der Waals surface area contributed by atoms with Gasteiger partial charge < -0.3 is 0 Å². The second-order valence-electron chi connectivity index (χ2n) is 9.11. The quantitative estimate of drug-likeness (QED) is 0.289. The van der Waals surface area contributed by atoms with Crippen LogP contribution in [0.3, 0.4) is 0 Å². The van der Waals surface area contributed by atoms with Gasteiger partial charge in [0.05, 0.1) is 15.1 Å². The third-order valence-corrected chi connectivity index (χ3v) is 8.79. The molecule has 7 nitrogen and oxygen atoms in total. The molecule has 0 saturated carbocycles. The second kappa shape index (κ2) is 10.5. The van der Waals surface area contributed by atoms with Crippen molar-refractivity contribution in [3.05, 3.63) is 59.5 Å². The summed E-state index contributed by atoms with van der Waals surface area (Å²) in [4.78, 5) is 22.1. The number of aromatic nitrogens is 2. The minimum absolute atomic E-state index is 0.183. The van der Waals surface area contributed by atoms with Crippen LogP contribution in [0.2, 0.25) is 0 Å². The summed E-state index contributed by atoms with van der Waals surface area (Å²) in [6.45, 7) is 8.89. The Hall–Kier alpha value is -2.66. The number of amides is 1. The number of carbonyl (C=O) groups is 1. The number of nitrogens with one attached hydrogen (secondary N) is 1. The molecule has 184 valence electrons. The van der Waals surface area contributed by atoms with E-state index in [4.69, 9.17) is 0 Å². The topological polar surface area (TPSA) is 92.3 Å². The van der Waals surface area contributed by atoms with E-state index in [1.54, 1.807) is 11.3 Å². The highest BCUT2D eigenvalue weighted by Gasteiger charge is 2.26. The van der Waals surface area contributed by atoms with E-state index in [0.717, 1.165) is 15.2 Å². The summed E-state index contributed by atoms with van der Waals surface area (Å²) in [6, 6.07) is 13.9. The first-order valence-corrected chi connectivity index (χ1v) is 14.5. The van der Waals surface area contributed by atoms with Crippen molar-refractivity contribution >= 4 is 54.0 Å². The first-order chi connectivity index (χ1) is 16.6. The van der Waals surface area contributed by atoms with Crippen LogP contribution in [0, 0.1) is 11.8 Å². The summed E-state index contributed by atoms with van der Waals surface area (Å²) in [7, 11) is -3.65. The van der Waals surface area contributed by atoms with Gasteiger partial charge in [0.2, 0.25) is 10.0 Å². The Morgan fingerprint density at radius 1 is 0.971 bits per heavy atom. The molecule has 1 amide bonds. The zero-order valence-electron chi connectivity index (χ0n) is 20.1. The van der Waals surface area contributed by atoms with Crippen LogP contribution >= 0.6 is 22.7 Å². The molecule has 0 spiro atoms. The number of sulfonamides is 1. The average Bonchev–Trinajstić information content (AvgIpc) is 3.45. The fourth-order valence-corrected chi connectivity index (χ4v) is 7.05. The van der Waals surface area contributed by atoms with Crippen LogP contribution in [0.15, 0.2) is 58.8 Å². The number of rotatable bonds is 9. The number of carbonyl (C=O) groups excluding carboxylic acids is 1. The van der Waals surface area contributed by atoms with Gasteiger partial charge in [0.15, 0.2) is 5.13 Å². The zero-order valence-corrected chi connectivity index (χ0v) is 22.5.